The van der Waals surface area contributed by atoms with Gasteiger partial charge < -0.3 is 4.42 Å². The van der Waals surface area contributed by atoms with Gasteiger partial charge in [0.25, 0.3) is 5.91 Å². The van der Waals surface area contributed by atoms with E-state index in [0.717, 1.165) is 21.3 Å². The van der Waals surface area contributed by atoms with E-state index in [4.69, 9.17) is 21.0 Å². The van der Waals surface area contributed by atoms with E-state index in [0.29, 0.717) is 33.8 Å². The summed E-state index contributed by atoms with van der Waals surface area (Å²) in [6.07, 6.45) is 0. The van der Waals surface area contributed by atoms with Gasteiger partial charge in [0.05, 0.1) is 22.3 Å². The summed E-state index contributed by atoms with van der Waals surface area (Å²) in [7, 11) is 0. The van der Waals surface area contributed by atoms with Gasteiger partial charge in [-0.15, -0.1) is 0 Å². The molecule has 0 saturated heterocycles. The lowest BCUT2D eigenvalue weighted by molar-refractivity contribution is 0.0983. The zero-order valence-electron chi connectivity index (χ0n) is 15.8. The van der Waals surface area contributed by atoms with Crippen molar-refractivity contribution in [3.63, 3.8) is 0 Å². The van der Waals surface area contributed by atoms with Crippen LogP contribution in [0.15, 0.2) is 52.9 Å². The lowest BCUT2D eigenvalue weighted by Gasteiger charge is -2.19. The number of rotatable bonds is 4. The number of thiazole rings is 1. The van der Waals surface area contributed by atoms with E-state index < -0.39 is 0 Å². The van der Waals surface area contributed by atoms with Crippen molar-refractivity contribution in [3.8, 4) is 0 Å². The minimum Gasteiger partial charge on any atom is -0.466 e. The Labute approximate surface area is 172 Å². The van der Waals surface area contributed by atoms with E-state index in [9.17, 15) is 4.79 Å². The first-order valence-corrected chi connectivity index (χ1v) is 10.1. The number of hydrogen-bond donors (Lipinski definition) is 0. The zero-order valence-corrected chi connectivity index (χ0v) is 17.4. The van der Waals surface area contributed by atoms with E-state index in [2.05, 4.69) is 0 Å². The normalized spacial score (nSPS) is 11.1. The maximum atomic E-state index is 13.4. The van der Waals surface area contributed by atoms with E-state index in [1.54, 1.807) is 11.0 Å². The van der Waals surface area contributed by atoms with Gasteiger partial charge in [-0.05, 0) is 50.1 Å². The Kier molecular flexibility index (Phi) is 4.96. The third-order valence-electron chi connectivity index (χ3n) is 4.57. The fourth-order valence-electron chi connectivity index (χ4n) is 3.24. The molecule has 0 unspecified atom stereocenters. The Morgan fingerprint density at radius 2 is 1.89 bits per heavy atom. The Bertz CT molecular complexity index is 1160. The number of anilines is 1. The molecule has 0 radical (unpaired) electrons. The molecule has 0 saturated carbocycles. The smallest absolute Gasteiger partial charge is 0.263 e. The lowest BCUT2D eigenvalue weighted by atomic mass is 10.2. The van der Waals surface area contributed by atoms with Crippen molar-refractivity contribution < 1.29 is 9.21 Å². The van der Waals surface area contributed by atoms with Gasteiger partial charge in [0.2, 0.25) is 0 Å². The fraction of sp³-hybridized carbons (Fsp3) is 0.182. The summed E-state index contributed by atoms with van der Waals surface area (Å²) in [5.41, 5.74) is 3.45. The second-order valence-electron chi connectivity index (χ2n) is 6.77. The van der Waals surface area contributed by atoms with Crippen LogP contribution in [0.2, 0.25) is 5.02 Å². The molecular formula is C22H19ClN2O2S. The summed E-state index contributed by atoms with van der Waals surface area (Å²) in [6, 6.07) is 15.5. The second-order valence-corrected chi connectivity index (χ2v) is 8.22. The highest BCUT2D eigenvalue weighted by molar-refractivity contribution is 7.22. The minimum absolute atomic E-state index is 0.124. The molecular weight excluding hydrogens is 392 g/mol. The van der Waals surface area contributed by atoms with Crippen LogP contribution in [0.3, 0.4) is 0 Å². The van der Waals surface area contributed by atoms with Crippen LogP contribution in [-0.2, 0) is 6.54 Å². The van der Waals surface area contributed by atoms with Gasteiger partial charge in [-0.3, -0.25) is 9.69 Å². The van der Waals surface area contributed by atoms with Crippen LogP contribution in [0, 0.1) is 20.8 Å². The van der Waals surface area contributed by atoms with Crippen LogP contribution in [0.1, 0.15) is 33.0 Å². The molecule has 0 aliphatic heterocycles. The molecule has 0 N–H and O–H groups in total. The highest BCUT2D eigenvalue weighted by Crippen LogP contribution is 2.34. The van der Waals surface area contributed by atoms with Gasteiger partial charge in [0.1, 0.15) is 11.5 Å². The molecule has 2 aromatic heterocycles. The largest absolute Gasteiger partial charge is 0.466 e. The number of amides is 1. The summed E-state index contributed by atoms with van der Waals surface area (Å²) >= 11 is 7.68. The highest BCUT2D eigenvalue weighted by atomic mass is 35.5. The van der Waals surface area contributed by atoms with Crippen LogP contribution in [0.4, 0.5) is 5.13 Å². The molecule has 0 aliphatic carbocycles. The Morgan fingerprint density at radius 3 is 2.57 bits per heavy atom. The first-order chi connectivity index (χ1) is 13.4. The van der Waals surface area contributed by atoms with Crippen LogP contribution in [0.25, 0.3) is 10.2 Å². The van der Waals surface area contributed by atoms with Gasteiger partial charge in [0, 0.05) is 5.02 Å². The molecule has 0 bridgehead atoms. The van der Waals surface area contributed by atoms with Gasteiger partial charge in [-0.2, -0.15) is 0 Å². The predicted octanol–water partition coefficient (Wildman–Crippen LogP) is 6.31. The standard InChI is InChI=1S/C22H19ClN2O2S/c1-13-9-17(23)11-19-20(13)24-22(28-19)25(12-16-7-5-4-6-8-16)21(26)18-10-14(2)27-15(18)3/h4-11H,12H2,1-3H3. The quantitative estimate of drug-likeness (QED) is 0.395. The Hall–Kier alpha value is -2.63. The number of aromatic nitrogens is 1. The van der Waals surface area contributed by atoms with Crippen molar-refractivity contribution in [2.45, 2.75) is 27.3 Å². The Morgan fingerprint density at radius 1 is 1.14 bits per heavy atom. The van der Waals surface area contributed by atoms with Crippen molar-refractivity contribution in [1.29, 1.82) is 0 Å². The van der Waals surface area contributed by atoms with Crippen LogP contribution < -0.4 is 4.90 Å². The molecule has 0 fully saturated rings. The van der Waals surface area contributed by atoms with Crippen molar-refractivity contribution in [3.05, 3.63) is 81.8 Å². The average molecular weight is 411 g/mol. The molecule has 0 aliphatic rings. The number of aryl methyl sites for hydroxylation is 3. The third kappa shape index (κ3) is 3.55. The second kappa shape index (κ2) is 7.41. The predicted molar refractivity (Wildman–Crippen MR) is 115 cm³/mol. The Balaban J connectivity index is 1.82. The van der Waals surface area contributed by atoms with Gasteiger partial charge in [0.15, 0.2) is 5.13 Å². The van der Waals surface area contributed by atoms with Crippen molar-refractivity contribution in [1.82, 2.24) is 4.98 Å². The first kappa shape index (κ1) is 18.7. The van der Waals surface area contributed by atoms with Crippen molar-refractivity contribution in [2.75, 3.05) is 4.90 Å². The van der Waals surface area contributed by atoms with Gasteiger partial charge in [-0.1, -0.05) is 53.3 Å². The summed E-state index contributed by atoms with van der Waals surface area (Å²) in [4.78, 5) is 19.9. The average Bonchev–Trinajstić information content (AvgIpc) is 3.22. The molecule has 2 aromatic carbocycles. The molecule has 28 heavy (non-hydrogen) atoms. The molecule has 0 atom stereocenters. The molecule has 4 rings (SSSR count). The van der Waals surface area contributed by atoms with E-state index >= 15 is 0 Å². The monoisotopic (exact) mass is 410 g/mol. The SMILES string of the molecule is Cc1cc(C(=O)N(Cc2ccccc2)c2nc3c(C)cc(Cl)cc3s2)c(C)o1. The zero-order chi connectivity index (χ0) is 19.8. The fourth-order valence-corrected chi connectivity index (χ4v) is 4.66. The number of hydrogen-bond acceptors (Lipinski definition) is 4. The maximum absolute atomic E-state index is 13.4. The lowest BCUT2D eigenvalue weighted by Crippen LogP contribution is -2.30. The maximum Gasteiger partial charge on any atom is 0.263 e. The first-order valence-electron chi connectivity index (χ1n) is 8.92. The van der Waals surface area contributed by atoms with Crippen molar-refractivity contribution >= 4 is 44.2 Å². The number of carbonyl (C=O) groups is 1. The minimum atomic E-state index is -0.124. The van der Waals surface area contributed by atoms with E-state index in [1.165, 1.54) is 11.3 Å². The highest BCUT2D eigenvalue weighted by Gasteiger charge is 2.25. The number of halogens is 1. The third-order valence-corrected chi connectivity index (χ3v) is 5.81. The molecule has 2 heterocycles. The number of benzene rings is 2. The number of fused-ring (bicyclic) bond motifs is 1. The summed E-state index contributed by atoms with van der Waals surface area (Å²) in [5.74, 6) is 1.20. The summed E-state index contributed by atoms with van der Waals surface area (Å²) < 4.78 is 6.55. The summed E-state index contributed by atoms with van der Waals surface area (Å²) in [6.45, 7) is 6.05. The van der Waals surface area contributed by atoms with Crippen molar-refractivity contribution in [2.24, 2.45) is 0 Å². The molecule has 1 amide bonds. The van der Waals surface area contributed by atoms with Crippen LogP contribution >= 0.6 is 22.9 Å². The van der Waals surface area contributed by atoms with Gasteiger partial charge >= 0.3 is 0 Å². The molecule has 6 heteroatoms. The number of carbonyl (C=O) groups excluding carboxylic acids is 1. The number of furan rings is 1. The molecule has 4 nitrogen and oxygen atoms in total. The summed E-state index contributed by atoms with van der Waals surface area (Å²) in [5, 5.41) is 1.31. The van der Waals surface area contributed by atoms with Gasteiger partial charge in [-0.25, -0.2) is 4.98 Å². The topological polar surface area (TPSA) is 46.3 Å². The van der Waals surface area contributed by atoms with E-state index in [1.807, 2.05) is 63.2 Å². The van der Waals surface area contributed by atoms with Crippen LogP contribution in [0.5, 0.6) is 0 Å². The molecule has 4 aromatic rings. The van der Waals surface area contributed by atoms with E-state index in [-0.39, 0.29) is 5.91 Å². The van der Waals surface area contributed by atoms with Crippen LogP contribution in [-0.4, -0.2) is 10.9 Å². The number of nitrogens with zero attached hydrogens (tertiary/aromatic N) is 2. The molecule has 0 spiro atoms. The molecule has 142 valence electrons.